The average molecular weight is 362 g/mol. The molecule has 8 heteroatoms. The predicted molar refractivity (Wildman–Crippen MR) is 85.3 cm³/mol. The Balaban J connectivity index is 2.34. The minimum absolute atomic E-state index is 0.114. The third kappa shape index (κ3) is 2.28. The van der Waals surface area contributed by atoms with Gasteiger partial charge in [0.15, 0.2) is 0 Å². The Hall–Kier alpha value is -2.90. The lowest BCUT2D eigenvalue weighted by Crippen LogP contribution is -2.67. The van der Waals surface area contributed by atoms with E-state index in [4.69, 9.17) is 0 Å². The van der Waals surface area contributed by atoms with Crippen LogP contribution in [0.1, 0.15) is 18.4 Å². The fourth-order valence-corrected chi connectivity index (χ4v) is 5.28. The van der Waals surface area contributed by atoms with Gasteiger partial charge in [0.25, 0.3) is 0 Å². The quantitative estimate of drug-likeness (QED) is 0.609. The summed E-state index contributed by atoms with van der Waals surface area (Å²) in [6, 6.07) is 7.98. The zero-order valence-corrected chi connectivity index (χ0v) is 13.6. The predicted octanol–water partition coefficient (Wildman–Crippen LogP) is 1.15. The lowest BCUT2D eigenvalue weighted by Gasteiger charge is -2.59. The third-order valence-electron chi connectivity index (χ3n) is 6.06. The second kappa shape index (κ2) is 6.12. The molecule has 1 aromatic carbocycles. The Morgan fingerprint density at radius 3 is 1.62 bits per heavy atom. The number of carboxylic acids is 4. The number of aliphatic carboxylic acids is 4. The van der Waals surface area contributed by atoms with Gasteiger partial charge in [-0.25, -0.2) is 0 Å². The van der Waals surface area contributed by atoms with Crippen LogP contribution in [0.25, 0.3) is 0 Å². The molecule has 3 aliphatic carbocycles. The minimum atomic E-state index is -1.60. The van der Waals surface area contributed by atoms with Gasteiger partial charge in [-0.2, -0.15) is 0 Å². The van der Waals surface area contributed by atoms with E-state index in [1.807, 2.05) is 0 Å². The maximum Gasteiger partial charge on any atom is 0.308 e. The van der Waals surface area contributed by atoms with Gasteiger partial charge in [-0.3, -0.25) is 19.2 Å². The highest BCUT2D eigenvalue weighted by atomic mass is 16.4. The smallest absolute Gasteiger partial charge is 0.308 e. The van der Waals surface area contributed by atoms with Crippen LogP contribution in [0.4, 0.5) is 0 Å². The van der Waals surface area contributed by atoms with Gasteiger partial charge in [0.05, 0.1) is 23.7 Å². The molecular weight excluding hydrogens is 344 g/mol. The van der Waals surface area contributed by atoms with Crippen LogP contribution in [0.5, 0.6) is 0 Å². The molecule has 0 radical (unpaired) electrons. The monoisotopic (exact) mass is 362 g/mol. The summed E-state index contributed by atoms with van der Waals surface area (Å²) in [7, 11) is 0. The fraction of sp³-hybridized carbons (Fsp3) is 0.444. The molecule has 4 atom stereocenters. The second-order valence-corrected chi connectivity index (χ2v) is 6.97. The van der Waals surface area contributed by atoms with Crippen molar-refractivity contribution in [2.45, 2.75) is 18.3 Å². The first-order valence-corrected chi connectivity index (χ1v) is 8.20. The van der Waals surface area contributed by atoms with Gasteiger partial charge in [-0.15, -0.1) is 0 Å². The highest BCUT2D eigenvalue weighted by molar-refractivity contribution is 5.89. The zero-order valence-electron chi connectivity index (χ0n) is 13.6. The lowest BCUT2D eigenvalue weighted by molar-refractivity contribution is -0.195. The van der Waals surface area contributed by atoms with Crippen LogP contribution >= 0.6 is 0 Å². The van der Waals surface area contributed by atoms with Crippen LogP contribution in [-0.2, 0) is 24.6 Å². The molecule has 0 amide bonds. The summed E-state index contributed by atoms with van der Waals surface area (Å²) in [5, 5.41) is 39.0. The fourth-order valence-electron chi connectivity index (χ4n) is 5.28. The van der Waals surface area contributed by atoms with Crippen molar-refractivity contribution in [2.24, 2.45) is 29.6 Å². The van der Waals surface area contributed by atoms with Crippen molar-refractivity contribution < 1.29 is 39.6 Å². The van der Waals surface area contributed by atoms with Crippen molar-refractivity contribution in [2.75, 3.05) is 0 Å². The summed E-state index contributed by atoms with van der Waals surface area (Å²) in [4.78, 5) is 47.9. The van der Waals surface area contributed by atoms with Gasteiger partial charge in [-0.05, 0) is 24.3 Å². The Morgan fingerprint density at radius 2 is 1.23 bits per heavy atom. The number of carboxylic acid groups (broad SMARTS) is 4. The van der Waals surface area contributed by atoms with E-state index in [0.717, 1.165) is 0 Å². The second-order valence-electron chi connectivity index (χ2n) is 6.97. The summed E-state index contributed by atoms with van der Waals surface area (Å²) in [6.07, 6.45) is 0.263. The molecule has 0 unspecified atom stereocenters. The topological polar surface area (TPSA) is 149 Å². The number of carbonyl (C=O) groups is 4. The number of benzene rings is 1. The molecule has 3 fully saturated rings. The first kappa shape index (κ1) is 17.9. The molecule has 2 bridgehead atoms. The summed E-state index contributed by atoms with van der Waals surface area (Å²) < 4.78 is 0. The molecule has 0 saturated heterocycles. The summed E-state index contributed by atoms with van der Waals surface area (Å²) in [5.41, 5.74) is -1.24. The van der Waals surface area contributed by atoms with Crippen LogP contribution < -0.4 is 0 Å². The molecule has 138 valence electrons. The largest absolute Gasteiger partial charge is 0.481 e. The van der Waals surface area contributed by atoms with E-state index < -0.39 is 58.9 Å². The maximum atomic E-state index is 12.1. The van der Waals surface area contributed by atoms with Crippen LogP contribution in [0.3, 0.4) is 0 Å². The molecule has 0 aliphatic heterocycles. The third-order valence-corrected chi connectivity index (χ3v) is 6.06. The first-order valence-electron chi connectivity index (χ1n) is 8.20. The number of hydrogen-bond acceptors (Lipinski definition) is 4. The maximum absolute atomic E-state index is 12.1. The van der Waals surface area contributed by atoms with Crippen molar-refractivity contribution in [3.05, 3.63) is 35.9 Å². The van der Waals surface area contributed by atoms with E-state index >= 15 is 0 Å². The van der Waals surface area contributed by atoms with E-state index in [2.05, 4.69) is 0 Å². The molecule has 26 heavy (non-hydrogen) atoms. The molecule has 0 aromatic heterocycles. The van der Waals surface area contributed by atoms with Gasteiger partial charge in [0.2, 0.25) is 0 Å². The standard InChI is InChI=1S/C18H18O8/c19-14(20)10-9-6-7-18(12(10)16(23)24,8-4-2-1-3-5-8)13(17(25)26)11(9)15(21)22/h1-5,9-13H,6-7H2,(H,19,20)(H,21,22)(H,23,24)(H,25,26)/t9?,10-,11-,12+,13+,18?/m1/s1. The van der Waals surface area contributed by atoms with Gasteiger partial charge < -0.3 is 20.4 Å². The Morgan fingerprint density at radius 1 is 0.769 bits per heavy atom. The zero-order chi connectivity index (χ0) is 19.2. The average Bonchev–Trinajstić information content (AvgIpc) is 2.60. The van der Waals surface area contributed by atoms with E-state index in [1.54, 1.807) is 30.3 Å². The highest BCUT2D eigenvalue weighted by Crippen LogP contribution is 2.63. The molecule has 4 rings (SSSR count). The highest BCUT2D eigenvalue weighted by Gasteiger charge is 2.70. The molecule has 3 saturated carbocycles. The Labute approximate surface area is 148 Å². The van der Waals surface area contributed by atoms with Crippen LogP contribution in [0, 0.1) is 29.6 Å². The number of hydrogen-bond donors (Lipinski definition) is 4. The lowest BCUT2D eigenvalue weighted by atomic mass is 9.41. The van der Waals surface area contributed by atoms with Gasteiger partial charge in [0, 0.05) is 5.41 Å². The van der Waals surface area contributed by atoms with Crippen molar-refractivity contribution in [3.8, 4) is 0 Å². The van der Waals surface area contributed by atoms with Crippen molar-refractivity contribution >= 4 is 23.9 Å². The van der Waals surface area contributed by atoms with E-state index in [-0.39, 0.29) is 12.8 Å². The van der Waals surface area contributed by atoms with Gasteiger partial charge >= 0.3 is 23.9 Å². The Kier molecular flexibility index (Phi) is 4.21. The summed E-state index contributed by atoms with van der Waals surface area (Å²) in [5.74, 6) is -12.6. The summed E-state index contributed by atoms with van der Waals surface area (Å²) >= 11 is 0. The van der Waals surface area contributed by atoms with Crippen LogP contribution in [0.2, 0.25) is 0 Å². The summed E-state index contributed by atoms with van der Waals surface area (Å²) in [6.45, 7) is 0. The molecular formula is C18H18O8. The number of rotatable bonds is 5. The van der Waals surface area contributed by atoms with E-state index in [9.17, 15) is 39.6 Å². The minimum Gasteiger partial charge on any atom is -0.481 e. The van der Waals surface area contributed by atoms with Crippen molar-refractivity contribution in [1.29, 1.82) is 0 Å². The SMILES string of the molecule is O=C(O)[C@@H]1C2CCC(c3ccccc3)([C@@H]1C(=O)O)[C@H](C(=O)O)[C@@H]2C(=O)O. The van der Waals surface area contributed by atoms with Crippen LogP contribution in [-0.4, -0.2) is 44.3 Å². The molecule has 0 heterocycles. The molecule has 1 aromatic rings. The van der Waals surface area contributed by atoms with Crippen LogP contribution in [0.15, 0.2) is 30.3 Å². The van der Waals surface area contributed by atoms with E-state index in [1.165, 1.54) is 0 Å². The van der Waals surface area contributed by atoms with Crippen molar-refractivity contribution in [3.63, 3.8) is 0 Å². The molecule has 4 N–H and O–H groups in total. The molecule has 0 spiro atoms. The van der Waals surface area contributed by atoms with Gasteiger partial charge in [0.1, 0.15) is 0 Å². The normalized spacial score (nSPS) is 35.6. The Bertz CT molecular complexity index is 731. The molecule has 3 aliphatic rings. The number of fused-ring (bicyclic) bond motifs is 3. The van der Waals surface area contributed by atoms with Crippen molar-refractivity contribution in [1.82, 2.24) is 0 Å². The van der Waals surface area contributed by atoms with Gasteiger partial charge in [-0.1, -0.05) is 30.3 Å². The first-order chi connectivity index (χ1) is 12.2. The molecule has 8 nitrogen and oxygen atoms in total. The van der Waals surface area contributed by atoms with E-state index in [0.29, 0.717) is 5.56 Å².